The minimum Gasteiger partial charge on any atom is -0.292 e. The van der Waals surface area contributed by atoms with Gasteiger partial charge in [-0.1, -0.05) is 35.9 Å². The zero-order valence-electron chi connectivity index (χ0n) is 15.3. The van der Waals surface area contributed by atoms with Crippen LogP contribution in [0.5, 0.6) is 0 Å². The van der Waals surface area contributed by atoms with Crippen LogP contribution in [0.4, 0.5) is 5.82 Å². The lowest BCUT2D eigenvalue weighted by Gasteiger charge is -2.29. The lowest BCUT2D eigenvalue weighted by atomic mass is 10.0. The van der Waals surface area contributed by atoms with Gasteiger partial charge in [0.1, 0.15) is 5.82 Å². The molecule has 0 radical (unpaired) electrons. The van der Waals surface area contributed by atoms with Crippen LogP contribution in [0.3, 0.4) is 0 Å². The van der Waals surface area contributed by atoms with E-state index in [0.717, 1.165) is 46.5 Å². The Kier molecular flexibility index (Phi) is 3.94. The van der Waals surface area contributed by atoms with E-state index in [4.69, 9.17) is 16.7 Å². The Morgan fingerprint density at radius 1 is 1.18 bits per heavy atom. The minimum absolute atomic E-state index is 0.0682. The van der Waals surface area contributed by atoms with Gasteiger partial charge in [-0.25, -0.2) is 4.68 Å². The highest BCUT2D eigenvalue weighted by molar-refractivity contribution is 6.31. The predicted octanol–water partition coefficient (Wildman–Crippen LogP) is 4.44. The number of anilines is 1. The first-order chi connectivity index (χ1) is 13.6. The van der Waals surface area contributed by atoms with Crippen molar-refractivity contribution < 1.29 is 4.79 Å². The second kappa shape index (κ2) is 6.49. The molecule has 3 heterocycles. The predicted molar refractivity (Wildman–Crippen MR) is 110 cm³/mol. The van der Waals surface area contributed by atoms with Crippen molar-refractivity contribution in [1.82, 2.24) is 20.0 Å². The van der Waals surface area contributed by atoms with Gasteiger partial charge in [0.15, 0.2) is 0 Å². The fourth-order valence-corrected chi connectivity index (χ4v) is 4.14. The topological polar surface area (TPSA) is 66.8 Å². The van der Waals surface area contributed by atoms with Crippen LogP contribution < -0.4 is 4.90 Å². The highest BCUT2D eigenvalue weighted by Crippen LogP contribution is 2.39. The van der Waals surface area contributed by atoms with E-state index in [1.54, 1.807) is 30.5 Å². The molecule has 6 nitrogen and oxygen atoms in total. The number of hydrogen-bond donors (Lipinski definition) is 1. The lowest BCUT2D eigenvalue weighted by molar-refractivity contribution is 0.0981. The van der Waals surface area contributed by atoms with Crippen LogP contribution in [0.15, 0.2) is 48.7 Å². The first-order valence-corrected chi connectivity index (χ1v) is 9.58. The number of halogens is 1. The van der Waals surface area contributed by atoms with Gasteiger partial charge in [-0.3, -0.25) is 14.8 Å². The third kappa shape index (κ3) is 2.60. The molecule has 28 heavy (non-hydrogen) atoms. The third-order valence-corrected chi connectivity index (χ3v) is 5.41. The van der Waals surface area contributed by atoms with Gasteiger partial charge in [0.05, 0.1) is 17.4 Å². The summed E-state index contributed by atoms with van der Waals surface area (Å²) in [5.74, 6) is 0.761. The molecular formula is C21H18ClN5O. The molecule has 0 saturated carbocycles. The number of rotatable bonds is 2. The molecule has 0 atom stereocenters. The van der Waals surface area contributed by atoms with Crippen molar-refractivity contribution in [3.05, 3.63) is 64.9 Å². The summed E-state index contributed by atoms with van der Waals surface area (Å²) in [5.41, 5.74) is 4.37. The summed E-state index contributed by atoms with van der Waals surface area (Å²) in [6, 6.07) is 13.1. The number of carbonyl (C=O) groups excluding carboxylic acids is 1. The highest BCUT2D eigenvalue weighted by atomic mass is 35.5. The van der Waals surface area contributed by atoms with Crippen molar-refractivity contribution in [1.29, 1.82) is 0 Å². The Morgan fingerprint density at radius 3 is 2.89 bits per heavy atom. The van der Waals surface area contributed by atoms with E-state index in [1.807, 2.05) is 34.7 Å². The van der Waals surface area contributed by atoms with Crippen LogP contribution in [-0.4, -0.2) is 32.4 Å². The summed E-state index contributed by atoms with van der Waals surface area (Å²) in [6.45, 7) is 3.41. The monoisotopic (exact) mass is 391 g/mol. The largest absolute Gasteiger partial charge is 0.292 e. The maximum atomic E-state index is 13.3. The Balaban J connectivity index is 1.69. The Labute approximate surface area is 166 Å². The average molecular weight is 392 g/mol. The van der Waals surface area contributed by atoms with Crippen LogP contribution in [0, 0.1) is 6.92 Å². The van der Waals surface area contributed by atoms with Crippen LogP contribution in [-0.2, 0) is 6.54 Å². The van der Waals surface area contributed by atoms with Crippen LogP contribution >= 0.6 is 11.6 Å². The van der Waals surface area contributed by atoms with E-state index in [2.05, 4.69) is 10.2 Å². The molecule has 0 aliphatic carbocycles. The van der Waals surface area contributed by atoms with Crippen LogP contribution in [0.2, 0.25) is 5.02 Å². The van der Waals surface area contributed by atoms with Gasteiger partial charge in [-0.15, -0.1) is 0 Å². The molecular weight excluding hydrogens is 374 g/mol. The van der Waals surface area contributed by atoms with Gasteiger partial charge < -0.3 is 0 Å². The van der Waals surface area contributed by atoms with E-state index in [1.165, 1.54) is 0 Å². The first-order valence-electron chi connectivity index (χ1n) is 9.21. The number of carbonyl (C=O) groups is 1. The molecule has 5 rings (SSSR count). The third-order valence-electron chi connectivity index (χ3n) is 5.17. The van der Waals surface area contributed by atoms with Crippen LogP contribution in [0.25, 0.3) is 22.0 Å². The molecule has 1 N–H and O–H groups in total. The molecule has 0 saturated heterocycles. The van der Waals surface area contributed by atoms with Crippen molar-refractivity contribution in [3.8, 4) is 11.1 Å². The average Bonchev–Trinajstić information content (AvgIpc) is 3.30. The maximum absolute atomic E-state index is 13.3. The molecule has 0 bridgehead atoms. The number of aromatic nitrogens is 4. The smallest absolute Gasteiger partial charge is 0.259 e. The fourth-order valence-electron chi connectivity index (χ4n) is 3.95. The summed E-state index contributed by atoms with van der Waals surface area (Å²) in [4.78, 5) is 15.1. The molecule has 1 aliphatic heterocycles. The molecule has 2 aromatic heterocycles. The van der Waals surface area contributed by atoms with Crippen LogP contribution in [0.1, 0.15) is 22.5 Å². The second-order valence-corrected chi connectivity index (χ2v) is 7.40. The Morgan fingerprint density at radius 2 is 2.04 bits per heavy atom. The zero-order valence-corrected chi connectivity index (χ0v) is 16.1. The normalized spacial score (nSPS) is 13.7. The van der Waals surface area contributed by atoms with E-state index in [0.29, 0.717) is 17.1 Å². The number of aryl methyl sites for hydroxylation is 2. The highest BCUT2D eigenvalue weighted by Gasteiger charge is 2.30. The van der Waals surface area contributed by atoms with Gasteiger partial charge in [-0.2, -0.15) is 10.2 Å². The number of para-hydroxylation sites is 1. The number of nitrogens with one attached hydrogen (secondary N) is 1. The first kappa shape index (κ1) is 17.0. The Hall–Kier alpha value is -3.12. The van der Waals surface area contributed by atoms with Gasteiger partial charge in [0.2, 0.25) is 0 Å². The molecule has 4 aromatic rings. The van der Waals surface area contributed by atoms with Gasteiger partial charge >= 0.3 is 0 Å². The van der Waals surface area contributed by atoms with Gasteiger partial charge in [0, 0.05) is 40.2 Å². The SMILES string of the molecule is Cc1nn2c(c1-c1cccc3cn[nH]c13)N(C(=O)c1cccc(Cl)c1)CCC2. The standard InChI is InChI=1S/C21H18ClN5O/c1-13-18(17-8-3-6-15-12-23-24-19(15)17)20-26(9-4-10-27(20)25-13)21(28)14-5-2-7-16(22)11-14/h2-3,5-8,11-12H,4,9-10H2,1H3,(H,23,24). The van der Waals surface area contributed by atoms with Crippen molar-refractivity contribution in [2.75, 3.05) is 11.4 Å². The lowest BCUT2D eigenvalue weighted by Crippen LogP contribution is -2.37. The van der Waals surface area contributed by atoms with E-state index >= 15 is 0 Å². The van der Waals surface area contributed by atoms with Crippen molar-refractivity contribution in [2.45, 2.75) is 19.9 Å². The van der Waals surface area contributed by atoms with Crippen molar-refractivity contribution >= 4 is 34.2 Å². The molecule has 0 spiro atoms. The van der Waals surface area contributed by atoms with Gasteiger partial charge in [0.25, 0.3) is 5.91 Å². The van der Waals surface area contributed by atoms with Crippen molar-refractivity contribution in [2.24, 2.45) is 0 Å². The Bertz CT molecular complexity index is 1210. The molecule has 2 aromatic carbocycles. The zero-order chi connectivity index (χ0) is 19.3. The minimum atomic E-state index is -0.0682. The maximum Gasteiger partial charge on any atom is 0.259 e. The fraction of sp³-hybridized carbons (Fsp3) is 0.190. The molecule has 140 valence electrons. The van der Waals surface area contributed by atoms with E-state index in [-0.39, 0.29) is 5.91 Å². The number of H-pyrrole nitrogens is 1. The molecule has 0 unspecified atom stereocenters. The van der Waals surface area contributed by atoms with E-state index < -0.39 is 0 Å². The summed E-state index contributed by atoms with van der Waals surface area (Å²) in [5, 5.41) is 13.6. The number of hydrogen-bond acceptors (Lipinski definition) is 3. The number of aromatic amines is 1. The molecule has 7 heteroatoms. The summed E-state index contributed by atoms with van der Waals surface area (Å²) in [7, 11) is 0. The number of nitrogens with zero attached hydrogens (tertiary/aromatic N) is 4. The second-order valence-electron chi connectivity index (χ2n) is 6.97. The quantitative estimate of drug-likeness (QED) is 0.549. The molecule has 1 aliphatic rings. The molecule has 1 amide bonds. The van der Waals surface area contributed by atoms with Gasteiger partial charge in [-0.05, 0) is 31.5 Å². The number of fused-ring (bicyclic) bond motifs is 2. The summed E-state index contributed by atoms with van der Waals surface area (Å²) < 4.78 is 1.94. The molecule has 0 fully saturated rings. The van der Waals surface area contributed by atoms with E-state index in [9.17, 15) is 4.79 Å². The number of benzene rings is 2. The van der Waals surface area contributed by atoms with Crippen molar-refractivity contribution in [3.63, 3.8) is 0 Å². The number of amides is 1. The summed E-state index contributed by atoms with van der Waals surface area (Å²) in [6.07, 6.45) is 2.66. The summed E-state index contributed by atoms with van der Waals surface area (Å²) >= 11 is 6.11.